The fraction of sp³-hybridized carbons (Fsp3) is 0.500. The van der Waals surface area contributed by atoms with E-state index in [2.05, 4.69) is 4.98 Å². The Morgan fingerprint density at radius 3 is 2.45 bits per heavy atom. The highest BCUT2D eigenvalue weighted by atomic mass is 32.2. The summed E-state index contributed by atoms with van der Waals surface area (Å²) in [4.78, 5) is 14.4. The van der Waals surface area contributed by atoms with Gasteiger partial charge >= 0.3 is 5.97 Å². The summed E-state index contributed by atoms with van der Waals surface area (Å²) >= 11 is 0. The summed E-state index contributed by atoms with van der Waals surface area (Å²) in [6, 6.07) is 2.09. The van der Waals surface area contributed by atoms with Crippen LogP contribution in [0.15, 0.2) is 23.4 Å². The maximum absolute atomic E-state index is 12.4. The molecule has 0 aromatic carbocycles. The van der Waals surface area contributed by atoms with Crippen molar-refractivity contribution < 1.29 is 23.4 Å². The molecule has 0 atom stereocenters. The summed E-state index contributed by atoms with van der Waals surface area (Å²) in [6.07, 6.45) is 1.34. The number of carboxylic acid groups (broad SMARTS) is 1. The molecule has 7 nitrogen and oxygen atoms in total. The van der Waals surface area contributed by atoms with E-state index in [1.165, 1.54) is 16.4 Å². The van der Waals surface area contributed by atoms with Crippen LogP contribution in [0.2, 0.25) is 0 Å². The number of pyridine rings is 1. The van der Waals surface area contributed by atoms with E-state index in [1.54, 1.807) is 13.8 Å². The Morgan fingerprint density at radius 1 is 1.40 bits per heavy atom. The Kier molecular flexibility index (Phi) is 5.61. The van der Waals surface area contributed by atoms with Crippen LogP contribution in [0.5, 0.6) is 0 Å². The molecule has 0 fully saturated rings. The van der Waals surface area contributed by atoms with E-state index in [0.29, 0.717) is 6.42 Å². The van der Waals surface area contributed by atoms with E-state index in [1.807, 2.05) is 0 Å². The van der Waals surface area contributed by atoms with Crippen LogP contribution < -0.4 is 0 Å². The SMILES string of the molecule is CC(C)N(CCCO)S(=O)(=O)c1ccc(C(=O)O)cn1. The number of aliphatic hydroxyl groups is 1. The number of aliphatic hydroxyl groups excluding tert-OH is 1. The van der Waals surface area contributed by atoms with Gasteiger partial charge in [-0.1, -0.05) is 0 Å². The zero-order valence-electron chi connectivity index (χ0n) is 11.4. The molecule has 0 unspecified atom stereocenters. The smallest absolute Gasteiger partial charge is 0.337 e. The first-order valence-corrected chi connectivity index (χ1v) is 7.56. The second-order valence-electron chi connectivity index (χ2n) is 4.48. The van der Waals surface area contributed by atoms with Crippen molar-refractivity contribution in [3.63, 3.8) is 0 Å². The molecular formula is C12H18N2O5S. The quantitative estimate of drug-likeness (QED) is 0.762. The van der Waals surface area contributed by atoms with E-state index in [-0.39, 0.29) is 29.8 Å². The molecule has 0 bridgehead atoms. The lowest BCUT2D eigenvalue weighted by molar-refractivity contribution is 0.0696. The molecule has 0 saturated heterocycles. The van der Waals surface area contributed by atoms with Crippen LogP contribution in [-0.4, -0.2) is 53.1 Å². The minimum absolute atomic E-state index is 0.0737. The maximum Gasteiger partial charge on any atom is 0.337 e. The average Bonchev–Trinajstić information content (AvgIpc) is 2.38. The summed E-state index contributed by atoms with van der Waals surface area (Å²) in [5, 5.41) is 17.4. The summed E-state index contributed by atoms with van der Waals surface area (Å²) in [5.41, 5.74) is -0.0737. The lowest BCUT2D eigenvalue weighted by atomic mass is 10.3. The zero-order valence-corrected chi connectivity index (χ0v) is 12.2. The second-order valence-corrected chi connectivity index (χ2v) is 6.31. The number of carbonyl (C=O) groups is 1. The Labute approximate surface area is 117 Å². The molecule has 0 aliphatic heterocycles. The molecule has 1 aromatic rings. The highest BCUT2D eigenvalue weighted by Crippen LogP contribution is 2.17. The van der Waals surface area contributed by atoms with Crippen molar-refractivity contribution in [2.75, 3.05) is 13.2 Å². The second kappa shape index (κ2) is 6.78. The molecule has 112 valence electrons. The van der Waals surface area contributed by atoms with Crippen molar-refractivity contribution in [2.24, 2.45) is 0 Å². The number of hydrogen-bond acceptors (Lipinski definition) is 5. The topological polar surface area (TPSA) is 108 Å². The number of nitrogens with zero attached hydrogens (tertiary/aromatic N) is 2. The van der Waals surface area contributed by atoms with Gasteiger partial charge in [-0.15, -0.1) is 0 Å². The van der Waals surface area contributed by atoms with Gasteiger partial charge in [0.1, 0.15) is 0 Å². The van der Waals surface area contributed by atoms with Gasteiger partial charge in [-0.2, -0.15) is 4.31 Å². The Hall–Kier alpha value is -1.51. The Morgan fingerprint density at radius 2 is 2.05 bits per heavy atom. The van der Waals surface area contributed by atoms with Crippen molar-refractivity contribution in [1.29, 1.82) is 0 Å². The Bertz CT molecular complexity index is 554. The van der Waals surface area contributed by atoms with Gasteiger partial charge in [-0.3, -0.25) is 0 Å². The molecular weight excluding hydrogens is 284 g/mol. The molecule has 8 heteroatoms. The predicted octanol–water partition coefficient (Wildman–Crippen LogP) is 0.561. The molecule has 1 rings (SSSR count). The summed E-state index contributed by atoms with van der Waals surface area (Å²) < 4.78 is 26.0. The molecule has 0 amide bonds. The van der Waals surface area contributed by atoms with Crippen LogP contribution in [0.1, 0.15) is 30.6 Å². The highest BCUT2D eigenvalue weighted by molar-refractivity contribution is 7.89. The van der Waals surface area contributed by atoms with Gasteiger partial charge < -0.3 is 10.2 Å². The highest BCUT2D eigenvalue weighted by Gasteiger charge is 2.27. The Balaban J connectivity index is 3.09. The molecule has 0 spiro atoms. The number of aromatic carboxylic acids is 1. The van der Waals surface area contributed by atoms with E-state index in [0.717, 1.165) is 6.20 Å². The third-order valence-corrected chi connectivity index (χ3v) is 4.66. The van der Waals surface area contributed by atoms with Gasteiger partial charge in [0.15, 0.2) is 5.03 Å². The van der Waals surface area contributed by atoms with Gasteiger partial charge in [0.25, 0.3) is 10.0 Å². The molecule has 0 aliphatic carbocycles. The predicted molar refractivity (Wildman–Crippen MR) is 71.9 cm³/mol. The van der Waals surface area contributed by atoms with Crippen LogP contribution in [0, 0.1) is 0 Å². The molecule has 2 N–H and O–H groups in total. The lowest BCUT2D eigenvalue weighted by Gasteiger charge is -2.25. The van der Waals surface area contributed by atoms with Gasteiger partial charge in [0, 0.05) is 25.4 Å². The van der Waals surface area contributed by atoms with Crippen molar-refractivity contribution in [2.45, 2.75) is 31.3 Å². The summed E-state index contributed by atoms with van der Waals surface area (Å²) in [5.74, 6) is -1.16. The van der Waals surface area contributed by atoms with Crippen molar-refractivity contribution in [1.82, 2.24) is 9.29 Å². The number of sulfonamides is 1. The van der Waals surface area contributed by atoms with Gasteiger partial charge in [-0.25, -0.2) is 18.2 Å². The van der Waals surface area contributed by atoms with Crippen molar-refractivity contribution >= 4 is 16.0 Å². The fourth-order valence-electron chi connectivity index (χ4n) is 1.66. The minimum atomic E-state index is -3.80. The van der Waals surface area contributed by atoms with Crippen LogP contribution in [0.25, 0.3) is 0 Å². The zero-order chi connectivity index (χ0) is 15.3. The van der Waals surface area contributed by atoms with Crippen LogP contribution >= 0.6 is 0 Å². The number of aromatic nitrogens is 1. The first kappa shape index (κ1) is 16.5. The standard InChI is InChI=1S/C12H18N2O5S/c1-9(2)14(6-3-7-15)20(18,19)11-5-4-10(8-13-11)12(16)17/h4-5,8-9,15H,3,6-7H2,1-2H3,(H,16,17). The van der Waals surface area contributed by atoms with Gasteiger partial charge in [0.2, 0.25) is 0 Å². The number of rotatable bonds is 7. The molecule has 1 heterocycles. The first-order chi connectivity index (χ1) is 9.30. The summed E-state index contributed by atoms with van der Waals surface area (Å²) in [6.45, 7) is 3.52. The molecule has 1 aromatic heterocycles. The average molecular weight is 302 g/mol. The van der Waals surface area contributed by atoms with E-state index in [9.17, 15) is 13.2 Å². The van der Waals surface area contributed by atoms with E-state index in [4.69, 9.17) is 10.2 Å². The maximum atomic E-state index is 12.4. The number of carboxylic acids is 1. The monoisotopic (exact) mass is 302 g/mol. The van der Waals surface area contributed by atoms with E-state index < -0.39 is 16.0 Å². The van der Waals surface area contributed by atoms with E-state index >= 15 is 0 Å². The van der Waals surface area contributed by atoms with Gasteiger partial charge in [-0.05, 0) is 32.4 Å². The third kappa shape index (κ3) is 3.75. The van der Waals surface area contributed by atoms with Crippen LogP contribution in [0.4, 0.5) is 0 Å². The lowest BCUT2D eigenvalue weighted by Crippen LogP contribution is -2.38. The minimum Gasteiger partial charge on any atom is -0.478 e. The molecule has 0 radical (unpaired) electrons. The van der Waals surface area contributed by atoms with Crippen LogP contribution in [-0.2, 0) is 10.0 Å². The fourth-order valence-corrected chi connectivity index (χ4v) is 3.25. The largest absolute Gasteiger partial charge is 0.478 e. The first-order valence-electron chi connectivity index (χ1n) is 6.12. The van der Waals surface area contributed by atoms with Crippen molar-refractivity contribution in [3.05, 3.63) is 23.9 Å². The normalized spacial score (nSPS) is 12.1. The molecule has 20 heavy (non-hydrogen) atoms. The molecule has 0 saturated carbocycles. The molecule has 0 aliphatic rings. The van der Waals surface area contributed by atoms with Crippen molar-refractivity contribution in [3.8, 4) is 0 Å². The number of hydrogen-bond donors (Lipinski definition) is 2. The summed E-state index contributed by atoms with van der Waals surface area (Å²) in [7, 11) is -3.80. The third-order valence-electron chi connectivity index (χ3n) is 2.67. The van der Waals surface area contributed by atoms with Crippen LogP contribution in [0.3, 0.4) is 0 Å². The van der Waals surface area contributed by atoms with Gasteiger partial charge in [0.05, 0.1) is 5.56 Å².